The van der Waals surface area contributed by atoms with Crippen LogP contribution < -0.4 is 5.73 Å². The van der Waals surface area contributed by atoms with Gasteiger partial charge < -0.3 is 25.7 Å². The number of aromatic amines is 4. The van der Waals surface area contributed by atoms with Crippen LogP contribution in [0.4, 0.5) is 64.1 Å². The van der Waals surface area contributed by atoms with Crippen LogP contribution in [0.25, 0.3) is 87.2 Å². The number of nitrogens with zero attached hydrogens (tertiary/aromatic N) is 1. The summed E-state index contributed by atoms with van der Waals surface area (Å²) in [5.74, 6) is 0. The van der Waals surface area contributed by atoms with E-state index < -0.39 is 51.9 Å². The molecule has 0 saturated heterocycles. The Kier molecular flexibility index (Phi) is 12.3. The summed E-state index contributed by atoms with van der Waals surface area (Å²) in [5.41, 5.74) is 9.42. The zero-order valence-electron chi connectivity index (χ0n) is 37.3. The second kappa shape index (κ2) is 18.2. The molecule has 0 spiro atoms. The van der Waals surface area contributed by atoms with E-state index in [1.807, 2.05) is 49.4 Å². The number of hydrogen-bond acceptors (Lipinski definition) is 3. The molecule has 6 N–H and O–H groups in total. The molecule has 73 heavy (non-hydrogen) atoms. The van der Waals surface area contributed by atoms with Gasteiger partial charge in [-0.2, -0.15) is 52.7 Å². The Labute approximate surface area is 402 Å². The van der Waals surface area contributed by atoms with Crippen molar-refractivity contribution in [1.29, 1.82) is 0 Å². The molecule has 8 aromatic carbocycles. The van der Waals surface area contributed by atoms with E-state index in [4.69, 9.17) is 5.73 Å². The molecule has 0 aliphatic heterocycles. The van der Waals surface area contributed by atoms with Crippen molar-refractivity contribution >= 4 is 98.6 Å². The fourth-order valence-corrected chi connectivity index (χ4v) is 8.50. The molecule has 0 aliphatic carbocycles. The summed E-state index contributed by atoms with van der Waals surface area (Å²) in [6, 6.07) is 37.2. The lowest BCUT2D eigenvalue weighted by Gasteiger charge is -2.05. The highest BCUT2D eigenvalue weighted by molar-refractivity contribution is 6.10. The van der Waals surface area contributed by atoms with Crippen molar-refractivity contribution in [2.75, 3.05) is 5.73 Å². The number of hydrogen-bond donors (Lipinski definition) is 5. The molecule has 0 unspecified atom stereocenters. The lowest BCUT2D eigenvalue weighted by Crippen LogP contribution is -2.03. The van der Waals surface area contributed by atoms with Crippen LogP contribution in [0, 0.1) is 17.0 Å². The number of H-pyrrole nitrogens is 4. The Hall–Kier alpha value is -8.68. The van der Waals surface area contributed by atoms with Crippen LogP contribution in [0.1, 0.15) is 27.8 Å². The van der Waals surface area contributed by atoms with Crippen molar-refractivity contribution < 1.29 is 57.6 Å². The number of nitrogen functional groups attached to an aromatic ring is 1. The Morgan fingerprint density at radius 1 is 0.370 bits per heavy atom. The fraction of sp³-hybridized carbons (Fsp3) is 0.0943. The van der Waals surface area contributed by atoms with Gasteiger partial charge in [-0.05, 0) is 97.9 Å². The zero-order valence-corrected chi connectivity index (χ0v) is 37.3. The van der Waals surface area contributed by atoms with Gasteiger partial charge >= 0.3 is 24.7 Å². The first kappa shape index (κ1) is 49.3. The number of nitrogens with one attached hydrogen (secondary N) is 4. The highest BCUT2D eigenvalue weighted by Crippen LogP contribution is 2.38. The van der Waals surface area contributed by atoms with Gasteiger partial charge in [0.25, 0.3) is 5.69 Å². The SMILES string of the molecule is Cc1ccc2[nH]c3cc(C(F)(F)F)ccc3c2c1.FC(F)(F)c1ccc2c(c1)[nH]c1ccccc12.Nc1ccc2[nH]c3cc(C(F)(F)F)ccc3c2c1.O=[N+]([O-])c1ccc2[nH]c3cc(C(F)(F)F)ccc3c2c1. The number of aryl methyl sites for hydroxylation is 1. The minimum Gasteiger partial charge on any atom is -0.399 e. The third-order valence-corrected chi connectivity index (χ3v) is 12.0. The summed E-state index contributed by atoms with van der Waals surface area (Å²) < 4.78 is 151. The van der Waals surface area contributed by atoms with Crippen LogP contribution in [-0.2, 0) is 24.7 Å². The van der Waals surface area contributed by atoms with Crippen LogP contribution in [-0.4, -0.2) is 24.9 Å². The Balaban J connectivity index is 0.000000120. The van der Waals surface area contributed by atoms with Crippen LogP contribution in [0.5, 0.6) is 0 Å². The van der Waals surface area contributed by atoms with E-state index >= 15 is 0 Å². The van der Waals surface area contributed by atoms with E-state index in [1.165, 1.54) is 42.5 Å². The third kappa shape index (κ3) is 10.1. The van der Waals surface area contributed by atoms with Crippen molar-refractivity contribution in [2.24, 2.45) is 0 Å². The first-order chi connectivity index (χ1) is 34.3. The van der Waals surface area contributed by atoms with Crippen molar-refractivity contribution in [1.82, 2.24) is 19.9 Å². The molecule has 8 nitrogen and oxygen atoms in total. The summed E-state index contributed by atoms with van der Waals surface area (Å²) in [4.78, 5) is 22.0. The molecular formula is C53H34F12N6O2. The van der Waals surface area contributed by atoms with E-state index in [2.05, 4.69) is 19.9 Å². The minimum atomic E-state index is -4.42. The molecule has 0 saturated carbocycles. The molecule has 0 amide bonds. The van der Waals surface area contributed by atoms with Crippen LogP contribution in [0.2, 0.25) is 0 Å². The normalized spacial score (nSPS) is 12.3. The van der Waals surface area contributed by atoms with Gasteiger partial charge in [0.15, 0.2) is 0 Å². The van der Waals surface area contributed by atoms with Crippen molar-refractivity contribution in [2.45, 2.75) is 31.6 Å². The van der Waals surface area contributed by atoms with E-state index in [1.54, 1.807) is 18.2 Å². The maximum atomic E-state index is 12.6. The van der Waals surface area contributed by atoms with Crippen LogP contribution in [0.15, 0.2) is 152 Å². The van der Waals surface area contributed by atoms with Gasteiger partial charge in [0.1, 0.15) is 0 Å². The Bertz CT molecular complexity index is 3930. The number of benzene rings is 8. The van der Waals surface area contributed by atoms with Crippen LogP contribution >= 0.6 is 0 Å². The average molecular weight is 1010 g/mol. The van der Waals surface area contributed by atoms with Gasteiger partial charge in [0.2, 0.25) is 0 Å². The standard InChI is InChI=1S/C14H10F3N.C13H7F3N2O2.C13H9F3N2.C13H8F3N/c1-8-2-5-12-11(6-8)10-4-3-9(14(15,16)17)7-13(10)18-12;14-13(15,16)7-1-3-9-10-6-8(18(19)20)2-4-11(10)17-12(9)5-7;14-13(15,16)7-1-3-9-10-6-8(17)2-4-11(10)18-12(9)5-7;14-13(15,16)8-5-6-10-9-3-1-2-4-11(9)17-12(10)7-8/h2-7,18H,1H3;1-6,17H;1-6,18H,17H2;1-7,17H. The lowest BCUT2D eigenvalue weighted by atomic mass is 10.1. The molecule has 0 fully saturated rings. The quantitative estimate of drug-likeness (QED) is 0.0485. The number of fused-ring (bicyclic) bond motifs is 12. The van der Waals surface area contributed by atoms with E-state index in [0.717, 1.165) is 103 Å². The van der Waals surface area contributed by atoms with Gasteiger partial charge in [-0.1, -0.05) is 54.1 Å². The third-order valence-electron chi connectivity index (χ3n) is 12.0. The number of nitro benzene ring substituents is 1. The number of non-ortho nitro benzene ring substituents is 1. The monoisotopic (exact) mass is 1010 g/mol. The number of rotatable bonds is 1. The van der Waals surface area contributed by atoms with Gasteiger partial charge in [-0.25, -0.2) is 0 Å². The van der Waals surface area contributed by atoms with E-state index in [9.17, 15) is 62.8 Å². The average Bonchev–Trinajstić information content (AvgIpc) is 4.09. The number of halogens is 12. The maximum Gasteiger partial charge on any atom is 0.416 e. The molecule has 0 aliphatic rings. The van der Waals surface area contributed by atoms with Gasteiger partial charge in [0, 0.05) is 105 Å². The summed E-state index contributed by atoms with van der Waals surface area (Å²) in [5, 5.41) is 16.9. The maximum absolute atomic E-state index is 12.6. The van der Waals surface area contributed by atoms with E-state index in [0.29, 0.717) is 44.0 Å². The number of anilines is 1. The number of nitrogens with two attached hydrogens (primary N) is 1. The number of para-hydroxylation sites is 1. The largest absolute Gasteiger partial charge is 0.416 e. The predicted octanol–water partition coefficient (Wildman–Crippen LogP) is 17.2. The highest BCUT2D eigenvalue weighted by Gasteiger charge is 2.33. The second-order valence-corrected chi connectivity index (χ2v) is 16.9. The number of aromatic nitrogens is 4. The highest BCUT2D eigenvalue weighted by atomic mass is 19.4. The molecule has 20 heteroatoms. The minimum absolute atomic E-state index is 0.0988. The fourth-order valence-electron chi connectivity index (χ4n) is 8.50. The summed E-state index contributed by atoms with van der Waals surface area (Å²) in [6.45, 7) is 1.96. The zero-order chi connectivity index (χ0) is 52.4. The first-order valence-electron chi connectivity index (χ1n) is 21.6. The smallest absolute Gasteiger partial charge is 0.399 e. The van der Waals surface area contributed by atoms with Gasteiger partial charge in [0.05, 0.1) is 27.2 Å². The molecule has 372 valence electrons. The molecule has 0 atom stereocenters. The van der Waals surface area contributed by atoms with Crippen molar-refractivity contribution in [3.8, 4) is 0 Å². The number of alkyl halides is 12. The summed E-state index contributed by atoms with van der Waals surface area (Å²) in [6.07, 6.45) is -17.4. The predicted molar refractivity (Wildman–Crippen MR) is 259 cm³/mol. The Morgan fingerprint density at radius 3 is 1.11 bits per heavy atom. The van der Waals surface area contributed by atoms with E-state index in [-0.39, 0.29) is 5.69 Å². The number of nitro groups is 1. The lowest BCUT2D eigenvalue weighted by molar-refractivity contribution is -0.384. The summed E-state index contributed by atoms with van der Waals surface area (Å²) in [7, 11) is 0. The van der Waals surface area contributed by atoms with Crippen molar-refractivity contribution in [3.05, 3.63) is 190 Å². The van der Waals surface area contributed by atoms with Gasteiger partial charge in [-0.3, -0.25) is 10.1 Å². The summed E-state index contributed by atoms with van der Waals surface area (Å²) >= 11 is 0. The molecule has 12 aromatic rings. The molecule has 4 aromatic heterocycles. The topological polar surface area (TPSA) is 132 Å². The molecule has 0 bridgehead atoms. The van der Waals surface area contributed by atoms with Crippen molar-refractivity contribution in [3.63, 3.8) is 0 Å². The molecule has 4 heterocycles. The first-order valence-corrected chi connectivity index (χ1v) is 21.6. The Morgan fingerprint density at radius 2 is 0.699 bits per heavy atom. The van der Waals surface area contributed by atoms with Gasteiger partial charge in [-0.15, -0.1) is 0 Å². The van der Waals surface area contributed by atoms with Crippen LogP contribution in [0.3, 0.4) is 0 Å². The second-order valence-electron chi connectivity index (χ2n) is 16.9. The molecule has 12 rings (SSSR count). The molecule has 0 radical (unpaired) electrons. The molecular weight excluding hydrogens is 981 g/mol.